The maximum Gasteiger partial charge on any atom is 0.153 e. The topological polar surface area (TPSA) is 55.6 Å². The summed E-state index contributed by atoms with van der Waals surface area (Å²) in [5.74, 6) is 0.808. The summed E-state index contributed by atoms with van der Waals surface area (Å²) < 4.78 is 1.74. The second-order valence-corrected chi connectivity index (χ2v) is 5.41. The van der Waals surface area contributed by atoms with Gasteiger partial charge < -0.3 is 5.32 Å². The molecule has 3 aromatic rings. The standard InChI is InChI=1S/C14H15N5S/c1-10-14(20-9-16-10)11(2)18-12-4-5-13(15-8-12)19-7-3-6-17-19/h3-9,11,18H,1-2H3. The van der Waals surface area contributed by atoms with E-state index in [9.17, 15) is 0 Å². The molecule has 0 aromatic carbocycles. The molecule has 1 unspecified atom stereocenters. The van der Waals surface area contributed by atoms with E-state index >= 15 is 0 Å². The van der Waals surface area contributed by atoms with Gasteiger partial charge in [-0.2, -0.15) is 5.10 Å². The average Bonchev–Trinajstić information content (AvgIpc) is 3.10. The first-order valence-corrected chi connectivity index (χ1v) is 7.24. The molecule has 0 aliphatic heterocycles. The summed E-state index contributed by atoms with van der Waals surface area (Å²) in [6, 6.07) is 6.06. The van der Waals surface area contributed by atoms with Gasteiger partial charge in [-0.05, 0) is 32.0 Å². The molecule has 0 spiro atoms. The SMILES string of the molecule is Cc1ncsc1C(C)Nc1ccc(-n2cccn2)nc1. The van der Waals surface area contributed by atoms with Crippen LogP contribution in [0.3, 0.4) is 0 Å². The quantitative estimate of drug-likeness (QED) is 0.799. The molecule has 3 rings (SSSR count). The molecule has 0 fully saturated rings. The third kappa shape index (κ3) is 2.55. The number of hydrogen-bond acceptors (Lipinski definition) is 5. The molecule has 3 aromatic heterocycles. The molecular weight excluding hydrogens is 270 g/mol. The summed E-state index contributed by atoms with van der Waals surface area (Å²) in [5.41, 5.74) is 3.94. The van der Waals surface area contributed by atoms with Crippen LogP contribution in [0, 0.1) is 6.92 Å². The highest BCUT2D eigenvalue weighted by atomic mass is 32.1. The molecule has 1 atom stereocenters. The first-order valence-electron chi connectivity index (χ1n) is 6.36. The zero-order valence-electron chi connectivity index (χ0n) is 11.3. The molecule has 6 heteroatoms. The van der Waals surface area contributed by atoms with Crippen LogP contribution in [-0.2, 0) is 0 Å². The summed E-state index contributed by atoms with van der Waals surface area (Å²) in [6.07, 6.45) is 5.44. The lowest BCUT2D eigenvalue weighted by Crippen LogP contribution is -2.07. The molecule has 20 heavy (non-hydrogen) atoms. The molecule has 0 aliphatic rings. The Balaban J connectivity index is 1.74. The minimum atomic E-state index is 0.222. The first-order chi connectivity index (χ1) is 9.74. The first kappa shape index (κ1) is 12.8. The summed E-state index contributed by atoms with van der Waals surface area (Å²) in [7, 11) is 0. The van der Waals surface area contributed by atoms with Gasteiger partial charge in [0, 0.05) is 17.3 Å². The van der Waals surface area contributed by atoms with Gasteiger partial charge in [-0.15, -0.1) is 11.3 Å². The maximum atomic E-state index is 4.40. The Labute approximate surface area is 121 Å². The number of nitrogens with zero attached hydrogens (tertiary/aromatic N) is 4. The number of hydrogen-bond donors (Lipinski definition) is 1. The van der Waals surface area contributed by atoms with E-state index in [1.54, 1.807) is 22.2 Å². The minimum Gasteiger partial charge on any atom is -0.376 e. The Morgan fingerprint density at radius 1 is 1.30 bits per heavy atom. The Kier molecular flexibility index (Phi) is 3.47. The fraction of sp³-hybridized carbons (Fsp3) is 0.214. The zero-order chi connectivity index (χ0) is 13.9. The monoisotopic (exact) mass is 285 g/mol. The van der Waals surface area contributed by atoms with Gasteiger partial charge in [0.25, 0.3) is 0 Å². The van der Waals surface area contributed by atoms with Crippen LogP contribution in [0.5, 0.6) is 0 Å². The average molecular weight is 285 g/mol. The number of rotatable bonds is 4. The number of thiazole rings is 1. The van der Waals surface area contributed by atoms with Crippen molar-refractivity contribution in [2.45, 2.75) is 19.9 Å². The van der Waals surface area contributed by atoms with Crippen LogP contribution in [0.2, 0.25) is 0 Å². The molecule has 5 nitrogen and oxygen atoms in total. The number of aromatic nitrogens is 4. The lowest BCUT2D eigenvalue weighted by molar-refractivity contribution is 0.843. The van der Waals surface area contributed by atoms with Crippen molar-refractivity contribution in [2.75, 3.05) is 5.32 Å². The molecule has 3 heterocycles. The highest BCUT2D eigenvalue weighted by Gasteiger charge is 2.11. The van der Waals surface area contributed by atoms with Gasteiger partial charge in [-0.3, -0.25) is 0 Å². The number of aryl methyl sites for hydroxylation is 1. The van der Waals surface area contributed by atoms with Crippen molar-refractivity contribution >= 4 is 17.0 Å². The Morgan fingerprint density at radius 2 is 2.20 bits per heavy atom. The van der Waals surface area contributed by atoms with E-state index < -0.39 is 0 Å². The molecule has 0 aliphatic carbocycles. The second kappa shape index (κ2) is 5.42. The predicted octanol–water partition coefficient (Wildman–Crippen LogP) is 3.21. The van der Waals surface area contributed by atoms with Crippen molar-refractivity contribution in [1.82, 2.24) is 19.7 Å². The van der Waals surface area contributed by atoms with Crippen LogP contribution in [0.4, 0.5) is 5.69 Å². The Morgan fingerprint density at radius 3 is 2.80 bits per heavy atom. The zero-order valence-corrected chi connectivity index (χ0v) is 12.1. The van der Waals surface area contributed by atoms with Crippen LogP contribution >= 0.6 is 11.3 Å². The van der Waals surface area contributed by atoms with E-state index in [2.05, 4.69) is 27.3 Å². The Hall–Kier alpha value is -2.21. The number of pyridine rings is 1. The lowest BCUT2D eigenvalue weighted by Gasteiger charge is -2.14. The molecule has 0 amide bonds. The van der Waals surface area contributed by atoms with Crippen LogP contribution < -0.4 is 5.32 Å². The second-order valence-electron chi connectivity index (χ2n) is 4.52. The molecule has 102 valence electrons. The van der Waals surface area contributed by atoms with Crippen molar-refractivity contribution in [3.8, 4) is 5.82 Å². The van der Waals surface area contributed by atoms with Crippen molar-refractivity contribution < 1.29 is 0 Å². The van der Waals surface area contributed by atoms with Crippen molar-refractivity contribution in [1.29, 1.82) is 0 Å². The lowest BCUT2D eigenvalue weighted by atomic mass is 10.2. The summed E-state index contributed by atoms with van der Waals surface area (Å²) in [5, 5.41) is 7.59. The molecular formula is C14H15N5S. The fourth-order valence-electron chi connectivity index (χ4n) is 2.05. The van der Waals surface area contributed by atoms with Crippen LogP contribution in [0.1, 0.15) is 23.5 Å². The van der Waals surface area contributed by atoms with Gasteiger partial charge in [0.2, 0.25) is 0 Å². The van der Waals surface area contributed by atoms with E-state index in [1.165, 1.54) is 4.88 Å². The number of anilines is 1. The number of nitrogens with one attached hydrogen (secondary N) is 1. The largest absolute Gasteiger partial charge is 0.376 e. The van der Waals surface area contributed by atoms with E-state index in [1.807, 2.05) is 43.0 Å². The predicted molar refractivity (Wildman–Crippen MR) is 80.2 cm³/mol. The Bertz CT molecular complexity index is 672. The maximum absolute atomic E-state index is 4.40. The third-order valence-electron chi connectivity index (χ3n) is 3.05. The third-order valence-corrected chi connectivity index (χ3v) is 4.16. The molecule has 0 saturated heterocycles. The van der Waals surface area contributed by atoms with Crippen molar-refractivity contribution in [2.24, 2.45) is 0 Å². The van der Waals surface area contributed by atoms with E-state index in [4.69, 9.17) is 0 Å². The van der Waals surface area contributed by atoms with Gasteiger partial charge in [0.1, 0.15) is 0 Å². The van der Waals surface area contributed by atoms with Gasteiger partial charge in [-0.25, -0.2) is 14.6 Å². The van der Waals surface area contributed by atoms with Gasteiger partial charge in [0.05, 0.1) is 29.1 Å². The van der Waals surface area contributed by atoms with Crippen LogP contribution in [0.25, 0.3) is 5.82 Å². The highest BCUT2D eigenvalue weighted by molar-refractivity contribution is 7.09. The van der Waals surface area contributed by atoms with E-state index in [-0.39, 0.29) is 6.04 Å². The van der Waals surface area contributed by atoms with Crippen molar-refractivity contribution in [3.63, 3.8) is 0 Å². The summed E-state index contributed by atoms with van der Waals surface area (Å²) in [6.45, 7) is 4.16. The van der Waals surface area contributed by atoms with Gasteiger partial charge in [0.15, 0.2) is 5.82 Å². The smallest absolute Gasteiger partial charge is 0.153 e. The van der Waals surface area contributed by atoms with Gasteiger partial charge >= 0.3 is 0 Å². The summed E-state index contributed by atoms with van der Waals surface area (Å²) >= 11 is 1.67. The van der Waals surface area contributed by atoms with E-state index in [0.717, 1.165) is 17.2 Å². The van der Waals surface area contributed by atoms with Gasteiger partial charge in [-0.1, -0.05) is 0 Å². The molecule has 0 saturated carbocycles. The molecule has 0 bridgehead atoms. The fourth-order valence-corrected chi connectivity index (χ4v) is 2.86. The molecule has 1 N–H and O–H groups in total. The summed E-state index contributed by atoms with van der Waals surface area (Å²) in [4.78, 5) is 9.93. The highest BCUT2D eigenvalue weighted by Crippen LogP contribution is 2.24. The van der Waals surface area contributed by atoms with E-state index in [0.29, 0.717) is 0 Å². The molecule has 0 radical (unpaired) electrons. The van der Waals surface area contributed by atoms with Crippen molar-refractivity contribution in [3.05, 3.63) is 52.9 Å². The normalized spacial score (nSPS) is 12.3. The minimum absolute atomic E-state index is 0.222. The van der Waals surface area contributed by atoms with Crippen LogP contribution in [0.15, 0.2) is 42.3 Å². The van der Waals surface area contributed by atoms with Crippen LogP contribution in [-0.4, -0.2) is 19.7 Å².